The van der Waals surface area contributed by atoms with Crippen LogP contribution in [0.15, 0.2) is 60.9 Å². The second kappa shape index (κ2) is 8.45. The molecular weight excluding hydrogens is 342 g/mol. The van der Waals surface area contributed by atoms with E-state index in [9.17, 15) is 10.1 Å². The Balaban J connectivity index is 1.72. The molecule has 2 aromatic carbocycles. The predicted molar refractivity (Wildman–Crippen MR) is 102 cm³/mol. The van der Waals surface area contributed by atoms with E-state index in [4.69, 9.17) is 4.74 Å². The molecular formula is C20H17N5O2. The smallest absolute Gasteiger partial charge is 0.338 e. The molecule has 3 rings (SSSR count). The lowest BCUT2D eigenvalue weighted by molar-refractivity contribution is 0.0526. The van der Waals surface area contributed by atoms with E-state index in [1.54, 1.807) is 49.4 Å². The summed E-state index contributed by atoms with van der Waals surface area (Å²) >= 11 is 0. The molecule has 7 nitrogen and oxygen atoms in total. The highest BCUT2D eigenvalue weighted by molar-refractivity contribution is 5.89. The van der Waals surface area contributed by atoms with E-state index in [0.29, 0.717) is 35.1 Å². The summed E-state index contributed by atoms with van der Waals surface area (Å²) in [6.45, 7) is 2.11. The van der Waals surface area contributed by atoms with Crippen molar-refractivity contribution in [1.29, 1.82) is 5.26 Å². The summed E-state index contributed by atoms with van der Waals surface area (Å²) in [7, 11) is 0. The minimum atomic E-state index is -0.353. The van der Waals surface area contributed by atoms with E-state index in [-0.39, 0.29) is 5.97 Å². The van der Waals surface area contributed by atoms with Crippen molar-refractivity contribution >= 4 is 29.0 Å². The van der Waals surface area contributed by atoms with Gasteiger partial charge in [-0.25, -0.2) is 14.8 Å². The fourth-order valence-electron chi connectivity index (χ4n) is 2.37. The third-order valence-corrected chi connectivity index (χ3v) is 3.65. The molecule has 0 aliphatic rings. The van der Waals surface area contributed by atoms with Crippen molar-refractivity contribution in [3.8, 4) is 6.07 Å². The Bertz CT molecular complexity index is 980. The number of ether oxygens (including phenoxy) is 1. The van der Waals surface area contributed by atoms with Gasteiger partial charge in [0, 0.05) is 11.8 Å². The first-order chi connectivity index (χ1) is 13.2. The van der Waals surface area contributed by atoms with Crippen LogP contribution in [0.2, 0.25) is 0 Å². The second-order valence-electron chi connectivity index (χ2n) is 5.49. The zero-order valence-electron chi connectivity index (χ0n) is 14.6. The monoisotopic (exact) mass is 359 g/mol. The lowest BCUT2D eigenvalue weighted by atomic mass is 10.2. The Morgan fingerprint density at radius 1 is 1.07 bits per heavy atom. The van der Waals surface area contributed by atoms with Gasteiger partial charge < -0.3 is 15.4 Å². The molecule has 0 saturated carbocycles. The zero-order chi connectivity index (χ0) is 19.1. The van der Waals surface area contributed by atoms with Crippen LogP contribution in [0.4, 0.5) is 23.0 Å². The molecule has 2 N–H and O–H groups in total. The summed E-state index contributed by atoms with van der Waals surface area (Å²) < 4.78 is 4.97. The van der Waals surface area contributed by atoms with E-state index in [1.165, 1.54) is 6.33 Å². The third kappa shape index (κ3) is 4.58. The average molecular weight is 359 g/mol. The first kappa shape index (κ1) is 17.9. The summed E-state index contributed by atoms with van der Waals surface area (Å²) in [6, 6.07) is 18.0. The number of hydrogen-bond donors (Lipinski definition) is 2. The van der Waals surface area contributed by atoms with Crippen LogP contribution in [0.1, 0.15) is 22.8 Å². The number of carbonyl (C=O) groups is 1. The normalized spacial score (nSPS) is 9.93. The molecule has 0 saturated heterocycles. The molecule has 134 valence electrons. The summed E-state index contributed by atoms with van der Waals surface area (Å²) in [5.41, 5.74) is 2.45. The number of benzene rings is 2. The van der Waals surface area contributed by atoms with Crippen LogP contribution in [-0.4, -0.2) is 22.5 Å². The minimum absolute atomic E-state index is 0.338. The molecule has 0 amide bonds. The second-order valence-corrected chi connectivity index (χ2v) is 5.49. The molecule has 0 atom stereocenters. The van der Waals surface area contributed by atoms with Gasteiger partial charge >= 0.3 is 5.97 Å². The Labute approximate surface area is 156 Å². The molecule has 3 aromatic rings. The van der Waals surface area contributed by atoms with Gasteiger partial charge in [0.25, 0.3) is 0 Å². The molecule has 7 heteroatoms. The highest BCUT2D eigenvalue weighted by Crippen LogP contribution is 2.21. The van der Waals surface area contributed by atoms with Gasteiger partial charge in [-0.05, 0) is 43.3 Å². The molecule has 0 aliphatic heterocycles. The first-order valence-corrected chi connectivity index (χ1v) is 8.32. The van der Waals surface area contributed by atoms with Gasteiger partial charge in [-0.15, -0.1) is 0 Å². The summed E-state index contributed by atoms with van der Waals surface area (Å²) in [5.74, 6) is 0.776. The van der Waals surface area contributed by atoms with Crippen molar-refractivity contribution in [3.63, 3.8) is 0 Å². The number of rotatable bonds is 6. The standard InChI is InChI=1S/C20H17N5O2/c1-2-27-20(26)14-7-9-16(10-8-14)24-18-11-19(23-13-22-18)25-17-6-4-3-5-15(17)12-21/h3-11,13H,2H2,1H3,(H2,22,23,24,25). The number of aromatic nitrogens is 2. The first-order valence-electron chi connectivity index (χ1n) is 8.32. The fourth-order valence-corrected chi connectivity index (χ4v) is 2.37. The van der Waals surface area contributed by atoms with Crippen molar-refractivity contribution in [2.45, 2.75) is 6.92 Å². The maximum Gasteiger partial charge on any atom is 0.338 e. The van der Waals surface area contributed by atoms with Gasteiger partial charge in [-0.2, -0.15) is 5.26 Å². The topological polar surface area (TPSA) is 99.9 Å². The van der Waals surface area contributed by atoms with Crippen molar-refractivity contribution in [2.75, 3.05) is 17.2 Å². The molecule has 1 heterocycles. The maximum atomic E-state index is 11.7. The molecule has 0 radical (unpaired) electrons. The van der Waals surface area contributed by atoms with Gasteiger partial charge in [0.2, 0.25) is 0 Å². The van der Waals surface area contributed by atoms with Crippen LogP contribution in [0.3, 0.4) is 0 Å². The zero-order valence-corrected chi connectivity index (χ0v) is 14.6. The number of para-hydroxylation sites is 1. The Morgan fingerprint density at radius 2 is 1.78 bits per heavy atom. The van der Waals surface area contributed by atoms with Crippen molar-refractivity contribution < 1.29 is 9.53 Å². The number of hydrogen-bond acceptors (Lipinski definition) is 7. The Hall–Kier alpha value is -3.92. The molecule has 0 unspecified atom stereocenters. The van der Waals surface area contributed by atoms with E-state index in [0.717, 1.165) is 5.69 Å². The summed E-state index contributed by atoms with van der Waals surface area (Å²) in [6.07, 6.45) is 1.42. The molecule has 0 aliphatic carbocycles. The number of anilines is 4. The average Bonchev–Trinajstić information content (AvgIpc) is 2.69. The van der Waals surface area contributed by atoms with Crippen LogP contribution in [0.5, 0.6) is 0 Å². The largest absolute Gasteiger partial charge is 0.462 e. The number of nitrogens with one attached hydrogen (secondary N) is 2. The van der Waals surface area contributed by atoms with Crippen LogP contribution < -0.4 is 10.6 Å². The number of nitriles is 1. The van der Waals surface area contributed by atoms with Gasteiger partial charge in [0.1, 0.15) is 24.0 Å². The molecule has 0 bridgehead atoms. The SMILES string of the molecule is CCOC(=O)c1ccc(Nc2cc(Nc3ccccc3C#N)ncn2)cc1. The third-order valence-electron chi connectivity index (χ3n) is 3.65. The van der Waals surface area contributed by atoms with Crippen molar-refractivity contribution in [3.05, 3.63) is 72.1 Å². The number of carbonyl (C=O) groups excluding carboxylic acids is 1. The Morgan fingerprint density at radius 3 is 2.48 bits per heavy atom. The van der Waals surface area contributed by atoms with Crippen LogP contribution in [0.25, 0.3) is 0 Å². The highest BCUT2D eigenvalue weighted by atomic mass is 16.5. The molecule has 0 fully saturated rings. The van der Waals surface area contributed by atoms with Crippen LogP contribution in [0, 0.1) is 11.3 Å². The lowest BCUT2D eigenvalue weighted by Crippen LogP contribution is -2.04. The molecule has 1 aromatic heterocycles. The van der Waals surface area contributed by atoms with Gasteiger partial charge in [0.05, 0.1) is 23.4 Å². The van der Waals surface area contributed by atoms with Gasteiger partial charge in [-0.3, -0.25) is 0 Å². The van der Waals surface area contributed by atoms with E-state index in [1.807, 2.05) is 12.1 Å². The van der Waals surface area contributed by atoms with Crippen molar-refractivity contribution in [1.82, 2.24) is 9.97 Å². The van der Waals surface area contributed by atoms with E-state index < -0.39 is 0 Å². The van der Waals surface area contributed by atoms with Gasteiger partial charge in [0.15, 0.2) is 0 Å². The quantitative estimate of drug-likeness (QED) is 0.641. The van der Waals surface area contributed by atoms with E-state index in [2.05, 4.69) is 26.7 Å². The van der Waals surface area contributed by atoms with Crippen LogP contribution in [-0.2, 0) is 4.74 Å². The number of nitrogens with zero attached hydrogens (tertiary/aromatic N) is 3. The summed E-state index contributed by atoms with van der Waals surface area (Å²) in [4.78, 5) is 20.1. The highest BCUT2D eigenvalue weighted by Gasteiger charge is 2.07. The molecule has 0 spiro atoms. The fraction of sp³-hybridized carbons (Fsp3) is 0.100. The summed E-state index contributed by atoms with van der Waals surface area (Å²) in [5, 5.41) is 15.4. The predicted octanol–water partition coefficient (Wildman–Crippen LogP) is 4.01. The minimum Gasteiger partial charge on any atom is -0.462 e. The number of esters is 1. The van der Waals surface area contributed by atoms with Crippen molar-refractivity contribution in [2.24, 2.45) is 0 Å². The van der Waals surface area contributed by atoms with Crippen LogP contribution >= 0.6 is 0 Å². The lowest BCUT2D eigenvalue weighted by Gasteiger charge is -2.10. The Kier molecular flexibility index (Phi) is 5.60. The van der Waals surface area contributed by atoms with Gasteiger partial charge in [-0.1, -0.05) is 12.1 Å². The molecule has 27 heavy (non-hydrogen) atoms. The maximum absolute atomic E-state index is 11.7. The van der Waals surface area contributed by atoms with E-state index >= 15 is 0 Å².